The Morgan fingerprint density at radius 1 is 0.406 bits per heavy atom. The van der Waals surface area contributed by atoms with Gasteiger partial charge in [0.25, 0.3) is 0 Å². The van der Waals surface area contributed by atoms with Crippen molar-refractivity contribution in [3.05, 3.63) is 251 Å². The third-order valence-electron chi connectivity index (χ3n) is 15.2. The zero-order chi connectivity index (χ0) is 45.2. The Bertz CT molecular complexity index is 4180. The molecule has 322 valence electrons. The molecule has 69 heavy (non-hydrogen) atoms. The fourth-order valence-electron chi connectivity index (χ4n) is 12.2. The van der Waals surface area contributed by atoms with Gasteiger partial charge in [0.2, 0.25) is 5.95 Å². The van der Waals surface area contributed by atoms with Gasteiger partial charge in [0.05, 0.1) is 16.3 Å². The summed E-state index contributed by atoms with van der Waals surface area (Å²) >= 11 is 0. The molecular weight excluding hydrogens is 841 g/mol. The summed E-state index contributed by atoms with van der Waals surface area (Å²) in [5, 5.41) is 5.59. The molecule has 0 aliphatic heterocycles. The van der Waals surface area contributed by atoms with Crippen LogP contribution in [0.5, 0.6) is 0 Å². The average molecular weight is 881 g/mol. The summed E-state index contributed by atoms with van der Waals surface area (Å²) in [6.45, 7) is 0. The first-order valence-electron chi connectivity index (χ1n) is 23.8. The fourth-order valence-corrected chi connectivity index (χ4v) is 12.2. The first-order valence-corrected chi connectivity index (χ1v) is 23.8. The monoisotopic (exact) mass is 880 g/mol. The van der Waals surface area contributed by atoms with Gasteiger partial charge in [-0.25, -0.2) is 4.98 Å². The van der Waals surface area contributed by atoms with Gasteiger partial charge >= 0.3 is 0 Å². The minimum atomic E-state index is -0.336. The molecule has 3 aromatic heterocycles. The van der Waals surface area contributed by atoms with E-state index in [0.717, 1.165) is 55.1 Å². The highest BCUT2D eigenvalue weighted by atomic mass is 16.3. The van der Waals surface area contributed by atoms with Crippen molar-refractivity contribution < 1.29 is 4.42 Å². The van der Waals surface area contributed by atoms with E-state index in [2.05, 4.69) is 217 Å². The zero-order valence-corrected chi connectivity index (χ0v) is 37.3. The van der Waals surface area contributed by atoms with Crippen LogP contribution < -0.4 is 10.6 Å². The van der Waals surface area contributed by atoms with Gasteiger partial charge in [0.15, 0.2) is 11.6 Å². The number of para-hydroxylation sites is 1. The quantitative estimate of drug-likeness (QED) is 0.173. The highest BCUT2D eigenvalue weighted by molar-refractivity contribution is 6.07. The predicted molar refractivity (Wildman–Crippen MR) is 278 cm³/mol. The van der Waals surface area contributed by atoms with Crippen LogP contribution in [0.1, 0.15) is 28.2 Å². The van der Waals surface area contributed by atoms with E-state index in [-0.39, 0.29) is 17.3 Å². The second-order valence-electron chi connectivity index (χ2n) is 18.6. The predicted octanol–water partition coefficient (Wildman–Crippen LogP) is 13.7. The fraction of sp³-hybridized carbons (Fsp3) is 0.0469. The van der Waals surface area contributed by atoms with Crippen LogP contribution in [0.15, 0.2) is 223 Å². The summed E-state index contributed by atoms with van der Waals surface area (Å²) in [5.41, 5.74) is 16.9. The molecule has 2 atom stereocenters. The lowest BCUT2D eigenvalue weighted by atomic mass is 9.65. The van der Waals surface area contributed by atoms with Gasteiger partial charge < -0.3 is 4.42 Å². The smallest absolute Gasteiger partial charge is 0.238 e. The Balaban J connectivity index is 0.908. The Kier molecular flexibility index (Phi) is 8.05. The third-order valence-corrected chi connectivity index (χ3v) is 15.2. The molecule has 0 amide bonds. The standard InChI is InChI=1S/C64H40N4O/c1-3-16-39(17-4-1)41-20-15-21-42(34-41)43-30-32-49-50-33-31-44(36-60(50)69-59(49)35-43)62-65-61(40-18-5-2-6-19-40)66-63(67-62)68-57-29-14-10-25-48(57)52-37-56-51(38-58(52)68)47-24-9-13-28-55(47)64(56)53-26-11-7-22-45(53)46-23-8-12-27-54(46)64/h1-38,51,56H. The molecule has 0 N–H and O–H groups in total. The van der Waals surface area contributed by atoms with Crippen LogP contribution in [0, 0.1) is 5.92 Å². The molecular formula is C64H40N4O. The maximum absolute atomic E-state index is 6.71. The van der Waals surface area contributed by atoms with Crippen molar-refractivity contribution in [3.8, 4) is 62.1 Å². The minimum Gasteiger partial charge on any atom is -0.456 e. The van der Waals surface area contributed by atoms with Crippen molar-refractivity contribution in [1.82, 2.24) is 19.5 Å². The molecule has 1 spiro atoms. The summed E-state index contributed by atoms with van der Waals surface area (Å²) in [6.07, 6.45) is 5.09. The van der Waals surface area contributed by atoms with Gasteiger partial charge in [0, 0.05) is 44.3 Å². The number of hydrogen-bond donors (Lipinski definition) is 0. The molecule has 3 heterocycles. The van der Waals surface area contributed by atoms with Crippen LogP contribution >= 0.6 is 0 Å². The highest BCUT2D eigenvalue weighted by Crippen LogP contribution is 2.65. The number of aromatic nitrogens is 4. The molecule has 0 radical (unpaired) electrons. The van der Waals surface area contributed by atoms with E-state index < -0.39 is 0 Å². The molecule has 2 unspecified atom stereocenters. The Hall–Kier alpha value is -8.93. The lowest BCUT2D eigenvalue weighted by Gasteiger charge is -2.36. The van der Waals surface area contributed by atoms with Crippen LogP contribution in [0.2, 0.25) is 0 Å². The molecule has 12 aromatic rings. The first-order chi connectivity index (χ1) is 34.2. The largest absolute Gasteiger partial charge is 0.456 e. The number of benzene rings is 9. The molecule has 9 aromatic carbocycles. The lowest BCUT2D eigenvalue weighted by molar-refractivity contribution is 0.499. The van der Waals surface area contributed by atoms with Crippen molar-refractivity contribution in [3.63, 3.8) is 0 Å². The highest BCUT2D eigenvalue weighted by Gasteiger charge is 2.57. The normalized spacial score (nSPS) is 15.9. The van der Waals surface area contributed by atoms with Crippen LogP contribution in [0.3, 0.4) is 0 Å². The molecule has 0 fully saturated rings. The van der Waals surface area contributed by atoms with E-state index >= 15 is 0 Å². The molecule has 5 heteroatoms. The molecule has 3 aliphatic carbocycles. The number of rotatable bonds is 5. The molecule has 15 rings (SSSR count). The van der Waals surface area contributed by atoms with E-state index in [4.69, 9.17) is 19.4 Å². The Morgan fingerprint density at radius 3 is 1.70 bits per heavy atom. The van der Waals surface area contributed by atoms with Crippen molar-refractivity contribution in [2.24, 2.45) is 5.92 Å². The van der Waals surface area contributed by atoms with Gasteiger partial charge in [-0.05, 0) is 92.0 Å². The maximum Gasteiger partial charge on any atom is 0.238 e. The van der Waals surface area contributed by atoms with Crippen LogP contribution in [0.4, 0.5) is 0 Å². The summed E-state index contributed by atoms with van der Waals surface area (Å²) in [5.74, 6) is 2.01. The van der Waals surface area contributed by atoms with Crippen molar-refractivity contribution >= 4 is 45.0 Å². The zero-order valence-electron chi connectivity index (χ0n) is 37.3. The topological polar surface area (TPSA) is 56.7 Å². The SMILES string of the molecule is C1=c2c(n(-c3nc(-c4ccccc4)nc(-c4ccc5c(c4)oc4cc(-c6cccc(-c7ccccc7)c6)ccc45)n3)c3ccccc23)=CC2c3ccccc3C3(c4ccccc4-c4ccccc43)C12. The van der Waals surface area contributed by atoms with E-state index in [9.17, 15) is 0 Å². The number of nitrogens with zero attached hydrogens (tertiary/aromatic N) is 4. The van der Waals surface area contributed by atoms with E-state index in [1.54, 1.807) is 0 Å². The van der Waals surface area contributed by atoms with Gasteiger partial charge in [-0.3, -0.25) is 4.57 Å². The molecule has 0 saturated carbocycles. The second-order valence-corrected chi connectivity index (χ2v) is 18.6. The Morgan fingerprint density at radius 2 is 0.957 bits per heavy atom. The van der Waals surface area contributed by atoms with Gasteiger partial charge in [0.1, 0.15) is 11.2 Å². The number of hydrogen-bond acceptors (Lipinski definition) is 4. The summed E-state index contributed by atoms with van der Waals surface area (Å²) in [6, 6.07) is 78.3. The summed E-state index contributed by atoms with van der Waals surface area (Å²) in [7, 11) is 0. The van der Waals surface area contributed by atoms with E-state index in [0.29, 0.717) is 17.6 Å². The summed E-state index contributed by atoms with van der Waals surface area (Å²) < 4.78 is 8.98. The van der Waals surface area contributed by atoms with Gasteiger partial charge in [-0.15, -0.1) is 0 Å². The lowest BCUT2D eigenvalue weighted by Crippen LogP contribution is -2.40. The number of furan rings is 1. The van der Waals surface area contributed by atoms with Crippen molar-refractivity contribution in [1.29, 1.82) is 0 Å². The van der Waals surface area contributed by atoms with Crippen molar-refractivity contribution in [2.75, 3.05) is 0 Å². The minimum absolute atomic E-state index is 0.106. The van der Waals surface area contributed by atoms with Crippen LogP contribution in [-0.2, 0) is 5.41 Å². The second kappa shape index (κ2) is 14.5. The summed E-state index contributed by atoms with van der Waals surface area (Å²) in [4.78, 5) is 15.9. The Labute approximate surface area is 397 Å². The maximum atomic E-state index is 6.71. The molecule has 3 aliphatic rings. The molecule has 0 saturated heterocycles. The van der Waals surface area contributed by atoms with E-state index in [1.165, 1.54) is 55.1 Å². The van der Waals surface area contributed by atoms with E-state index in [1.807, 2.05) is 18.2 Å². The van der Waals surface area contributed by atoms with Crippen LogP contribution in [0.25, 0.3) is 107 Å². The van der Waals surface area contributed by atoms with Crippen LogP contribution in [-0.4, -0.2) is 19.5 Å². The van der Waals surface area contributed by atoms with Gasteiger partial charge in [-0.2, -0.15) is 9.97 Å². The molecule has 5 nitrogen and oxygen atoms in total. The average Bonchev–Trinajstić information content (AvgIpc) is 4.13. The third kappa shape index (κ3) is 5.50. The van der Waals surface area contributed by atoms with Crippen molar-refractivity contribution in [2.45, 2.75) is 11.3 Å². The molecule has 0 bridgehead atoms. The first kappa shape index (κ1) is 38.2. The van der Waals surface area contributed by atoms with Gasteiger partial charge in [-0.1, -0.05) is 194 Å². The number of fused-ring (bicyclic) bond motifs is 16.